The number of ketones is 4. The van der Waals surface area contributed by atoms with E-state index in [4.69, 9.17) is 37.9 Å². The molecule has 3 aromatic heterocycles. The van der Waals surface area contributed by atoms with Gasteiger partial charge in [-0.15, -0.1) is 0 Å². The highest BCUT2D eigenvalue weighted by Gasteiger charge is 2.35. The number of ether oxygens (including phenoxy) is 8. The van der Waals surface area contributed by atoms with Crippen LogP contribution in [-0.2, 0) is 44.1 Å². The van der Waals surface area contributed by atoms with E-state index in [1.807, 2.05) is 116 Å². The molecule has 7 aromatic carbocycles. The summed E-state index contributed by atoms with van der Waals surface area (Å²) >= 11 is 3.36. The number of halogens is 2. The van der Waals surface area contributed by atoms with E-state index < -0.39 is 0 Å². The first kappa shape index (κ1) is 81.2. The Labute approximate surface area is 651 Å². The molecule has 17 nitrogen and oxygen atoms in total. The SMILES string of the molecule is BrCc1ccccc1.COc1cc2c(cc1OC)C(=O)/C(=C/c1cc[n+](Cc3ccccc3)cc1)C2.COc1cc2c(cc1OC)C(=O)/C(=C/c1ccncc1)C2.COc1cc2c(cc1OC)C(=O)C(CC1CCN(Cc3ccccc3)CC1)C2.COc1cc2c(cc1OC)C(=O)CC2.O=Cc1ccncc1.[Br-]. The van der Waals surface area contributed by atoms with E-state index >= 15 is 0 Å². The smallest absolute Gasteiger partial charge is 0.189 e. The predicted octanol–water partition coefficient (Wildman–Crippen LogP) is 13.5. The second-order valence-electron chi connectivity index (χ2n) is 26.0. The lowest BCUT2D eigenvalue weighted by Gasteiger charge is -2.32. The van der Waals surface area contributed by atoms with Crippen molar-refractivity contribution in [2.75, 3.05) is 70.0 Å². The Balaban J connectivity index is 0.000000158. The predicted molar refractivity (Wildman–Crippen MR) is 419 cm³/mol. The highest BCUT2D eigenvalue weighted by atomic mass is 79.9. The summed E-state index contributed by atoms with van der Waals surface area (Å²) in [4.78, 5) is 69.9. The maximum Gasteiger partial charge on any atom is 0.189 e. The van der Waals surface area contributed by atoms with Crippen molar-refractivity contribution in [2.45, 2.75) is 69.8 Å². The van der Waals surface area contributed by atoms with Gasteiger partial charge in [-0.1, -0.05) is 107 Å². The van der Waals surface area contributed by atoms with E-state index in [0.29, 0.717) is 87.9 Å². The molecule has 0 N–H and O–H groups in total. The van der Waals surface area contributed by atoms with Gasteiger partial charge < -0.3 is 54.9 Å². The summed E-state index contributed by atoms with van der Waals surface area (Å²) < 4.78 is 44.4. The molecule has 0 amide bonds. The third-order valence-electron chi connectivity index (χ3n) is 19.2. The number of carbonyl (C=O) groups excluding carboxylic acids is 5. The Hall–Kier alpha value is -10.9. The number of fused-ring (bicyclic) bond motifs is 4. The molecule has 1 saturated heterocycles. The highest BCUT2D eigenvalue weighted by Crippen LogP contribution is 2.42. The largest absolute Gasteiger partial charge is 1.00 e. The fraction of sp³-hybridized carbons (Fsp3) is 0.258. The third-order valence-corrected chi connectivity index (χ3v) is 19.9. The van der Waals surface area contributed by atoms with Gasteiger partial charge in [0.15, 0.2) is 88.1 Å². The fourth-order valence-corrected chi connectivity index (χ4v) is 13.9. The summed E-state index contributed by atoms with van der Waals surface area (Å²) in [5.74, 6) is 6.45. The molecule has 4 aliphatic carbocycles. The van der Waals surface area contributed by atoms with Gasteiger partial charge in [0.1, 0.15) is 6.29 Å². The number of nitrogens with zero attached hydrogens (tertiary/aromatic N) is 4. The van der Waals surface area contributed by atoms with Gasteiger partial charge >= 0.3 is 0 Å². The zero-order chi connectivity index (χ0) is 75.6. The van der Waals surface area contributed by atoms with Crippen molar-refractivity contribution in [3.8, 4) is 46.0 Å². The number of allylic oxidation sites excluding steroid dienone is 2. The van der Waals surface area contributed by atoms with E-state index in [2.05, 4.69) is 90.0 Å². The van der Waals surface area contributed by atoms with Gasteiger partial charge in [0, 0.05) is 119 Å². The number of aryl methyl sites for hydroxylation is 1. The maximum absolute atomic E-state index is 12.9. The molecular formula is C89H90Br2N4O13. The van der Waals surface area contributed by atoms with Crippen molar-refractivity contribution in [3.63, 3.8) is 0 Å². The average molecular weight is 1580 g/mol. The molecule has 1 fully saturated rings. The Kier molecular flexibility index (Phi) is 30.6. The number of rotatable bonds is 18. The molecule has 0 radical (unpaired) electrons. The van der Waals surface area contributed by atoms with Crippen LogP contribution in [-0.4, -0.2) is 114 Å². The van der Waals surface area contributed by atoms with Crippen molar-refractivity contribution in [2.24, 2.45) is 11.8 Å². The van der Waals surface area contributed by atoms with Crippen LogP contribution < -0.4 is 59.4 Å². The average Bonchev–Trinajstić information content (AvgIpc) is 1.65. The summed E-state index contributed by atoms with van der Waals surface area (Å²) in [6, 6.07) is 57.2. The molecule has 1 unspecified atom stereocenters. The number of hydrogen-bond donors (Lipinski definition) is 0. The summed E-state index contributed by atoms with van der Waals surface area (Å²) in [5.41, 5.74) is 15.3. The Bertz CT molecular complexity index is 4730. The number of alkyl halides is 1. The van der Waals surface area contributed by atoms with Crippen molar-refractivity contribution >= 4 is 57.5 Å². The fourth-order valence-electron chi connectivity index (χ4n) is 13.5. The zero-order valence-corrected chi connectivity index (χ0v) is 65.3. The minimum Gasteiger partial charge on any atom is -1.00 e. The maximum atomic E-state index is 12.9. The second-order valence-corrected chi connectivity index (χ2v) is 26.6. The quantitative estimate of drug-likeness (QED) is 0.0341. The normalized spacial score (nSPS) is 15.0. The molecule has 0 saturated carbocycles. The molecular weight excluding hydrogens is 1490 g/mol. The number of pyridine rings is 3. The summed E-state index contributed by atoms with van der Waals surface area (Å²) in [5, 5.41) is 0.952. The number of methoxy groups -OCH3 is 8. The summed E-state index contributed by atoms with van der Waals surface area (Å²) in [6.45, 7) is 4.09. The lowest BCUT2D eigenvalue weighted by atomic mass is 9.85. The lowest BCUT2D eigenvalue weighted by molar-refractivity contribution is -0.688. The number of piperidine rings is 1. The molecule has 108 heavy (non-hydrogen) atoms. The van der Waals surface area contributed by atoms with Crippen LogP contribution in [0.2, 0.25) is 0 Å². The number of likely N-dealkylation sites (tertiary alicyclic amines) is 1. The van der Waals surface area contributed by atoms with Crippen LogP contribution in [0.3, 0.4) is 0 Å². The standard InChI is InChI=1S/C24H29NO3.C24H22NO3.C17H15NO3.C11H12O3.C7H7Br.C6H5NO.BrH/c2*1-27-22-14-19-13-20(24(26)21(19)15-23(22)28-2)12-17-8-10-25(11-9-17)16-18-6-4-3-5-7-18;1-20-15-9-12-8-13(7-11-3-5-18-6-4-11)17(19)14(12)10-16(15)21-2;1-13-10-5-7-3-4-9(12)8(7)6-11(10)14-2;8-6-7-4-2-1-3-5-7;8-5-6-1-3-7-4-2-6;/h3-7,14-15,17,20H,8-13,16H2,1-2H3;3-12,14-15H,13,16H2,1-2H3;3-7,9-10H,8H2,1-2H3;5-6H,3-4H2,1-2H3;1-5H,6H2;1-5H;1H/q;+1;;;;;/p-1/b;20-12+;13-7+;;;;. The van der Waals surface area contributed by atoms with Gasteiger partial charge in [-0.2, -0.15) is 0 Å². The van der Waals surface area contributed by atoms with E-state index in [-0.39, 0.29) is 46.0 Å². The number of Topliss-reactive ketones (excluding diaryl/α,β-unsaturated/α-hetero) is 4. The van der Waals surface area contributed by atoms with Gasteiger partial charge in [0.05, 0.1) is 56.9 Å². The van der Waals surface area contributed by atoms with E-state index in [1.165, 1.54) is 29.5 Å². The third kappa shape index (κ3) is 21.5. The van der Waals surface area contributed by atoms with Crippen molar-refractivity contribution < 1.29 is 83.4 Å². The van der Waals surface area contributed by atoms with Crippen LogP contribution in [0.25, 0.3) is 12.2 Å². The Morgan fingerprint density at radius 3 is 1.29 bits per heavy atom. The summed E-state index contributed by atoms with van der Waals surface area (Å²) in [7, 11) is 12.8. The van der Waals surface area contributed by atoms with Crippen LogP contribution in [0.4, 0.5) is 0 Å². The van der Waals surface area contributed by atoms with Gasteiger partial charge in [0.25, 0.3) is 0 Å². The van der Waals surface area contributed by atoms with Crippen LogP contribution in [0.5, 0.6) is 46.0 Å². The number of aromatic nitrogens is 3. The molecule has 558 valence electrons. The second kappa shape index (κ2) is 40.7. The number of carbonyl (C=O) groups is 5. The van der Waals surface area contributed by atoms with Gasteiger partial charge in [-0.3, -0.25) is 38.8 Å². The van der Waals surface area contributed by atoms with Crippen LogP contribution in [0, 0.1) is 11.8 Å². The Morgan fingerprint density at radius 1 is 0.454 bits per heavy atom. The van der Waals surface area contributed by atoms with E-state index in [9.17, 15) is 24.0 Å². The lowest BCUT2D eigenvalue weighted by Crippen LogP contribution is -3.00. The first-order valence-electron chi connectivity index (χ1n) is 35.4. The number of benzene rings is 7. The molecule has 15 rings (SSSR count). The molecule has 4 heterocycles. The van der Waals surface area contributed by atoms with Crippen molar-refractivity contribution in [3.05, 3.63) is 302 Å². The number of hydrogen-bond acceptors (Lipinski definition) is 16. The van der Waals surface area contributed by atoms with Crippen LogP contribution in [0.1, 0.15) is 128 Å². The van der Waals surface area contributed by atoms with Crippen LogP contribution in [0.15, 0.2) is 224 Å². The molecule has 1 aliphatic heterocycles. The van der Waals surface area contributed by atoms with E-state index in [1.54, 1.807) is 112 Å². The van der Waals surface area contributed by atoms with Crippen molar-refractivity contribution in [1.29, 1.82) is 0 Å². The zero-order valence-electron chi connectivity index (χ0n) is 62.1. The minimum atomic E-state index is 0. The van der Waals surface area contributed by atoms with Crippen molar-refractivity contribution in [1.82, 2.24) is 14.9 Å². The van der Waals surface area contributed by atoms with Crippen LogP contribution >= 0.6 is 15.9 Å². The molecule has 5 aliphatic rings. The molecule has 0 bridgehead atoms. The molecule has 10 aromatic rings. The number of aldehydes is 1. The highest BCUT2D eigenvalue weighted by molar-refractivity contribution is 9.08. The first-order chi connectivity index (χ1) is 52.2. The van der Waals surface area contributed by atoms with Gasteiger partial charge in [-0.05, 0) is 181 Å². The van der Waals surface area contributed by atoms with Gasteiger partial charge in [0.2, 0.25) is 0 Å². The molecule has 19 heteroatoms. The first-order valence-corrected chi connectivity index (χ1v) is 36.5. The molecule has 0 spiro atoms. The van der Waals surface area contributed by atoms with Gasteiger partial charge in [-0.25, -0.2) is 4.57 Å². The monoisotopic (exact) mass is 1580 g/mol. The topological polar surface area (TPSA) is 192 Å². The Morgan fingerprint density at radius 2 is 0.852 bits per heavy atom. The van der Waals surface area contributed by atoms with E-state index in [0.717, 1.165) is 113 Å². The molecule has 1 atom stereocenters. The summed E-state index contributed by atoms with van der Waals surface area (Å²) in [6.07, 6.45) is 22.2. The minimum absolute atomic E-state index is 0.